The van der Waals surface area contributed by atoms with E-state index in [0.29, 0.717) is 6.42 Å². The Morgan fingerprint density at radius 3 is 2.90 bits per heavy atom. The molecule has 0 aromatic carbocycles. The molecule has 0 aliphatic carbocycles. The normalized spacial score (nSPS) is 10.1. The second kappa shape index (κ2) is 6.13. The van der Waals surface area contributed by atoms with Crippen molar-refractivity contribution in [3.05, 3.63) is 12.3 Å². The molecule has 0 saturated heterocycles. The molecule has 0 aromatic heterocycles. The van der Waals surface area contributed by atoms with Gasteiger partial charge in [-0.25, -0.2) is 0 Å². The Labute approximate surface area is 60.3 Å². The Morgan fingerprint density at radius 2 is 2.40 bits per heavy atom. The minimum Gasteiger partial charge on any atom is -0.516 e. The summed E-state index contributed by atoms with van der Waals surface area (Å²) in [5.74, 6) is -0.222. The number of esters is 1. The van der Waals surface area contributed by atoms with Gasteiger partial charge in [0.05, 0.1) is 6.26 Å². The van der Waals surface area contributed by atoms with Crippen LogP contribution in [0.1, 0.15) is 19.8 Å². The lowest BCUT2D eigenvalue weighted by Gasteiger charge is -1.97. The van der Waals surface area contributed by atoms with Crippen LogP contribution < -0.4 is 0 Å². The summed E-state index contributed by atoms with van der Waals surface area (Å²) in [6.07, 6.45) is 3.47. The van der Waals surface area contributed by atoms with Gasteiger partial charge in [0, 0.05) is 6.42 Å². The molecule has 58 valence electrons. The van der Waals surface area contributed by atoms with Crippen LogP contribution in [-0.2, 0) is 9.53 Å². The Morgan fingerprint density at radius 1 is 1.70 bits per heavy atom. The maximum absolute atomic E-state index is 10.6. The van der Waals surface area contributed by atoms with E-state index in [1.165, 1.54) is 6.08 Å². The number of aliphatic hydroxyl groups excluding tert-OH is 1. The zero-order chi connectivity index (χ0) is 7.82. The predicted octanol–water partition coefficient (Wildman–Crippen LogP) is 1.40. The zero-order valence-corrected chi connectivity index (χ0v) is 6.04. The largest absolute Gasteiger partial charge is 0.516 e. The van der Waals surface area contributed by atoms with Gasteiger partial charge in [-0.1, -0.05) is 6.92 Å². The molecule has 0 fully saturated rings. The summed E-state index contributed by atoms with van der Waals surface area (Å²) in [7, 11) is 0. The molecule has 10 heavy (non-hydrogen) atoms. The molecule has 0 radical (unpaired) electrons. The molecular formula is C7H12O3. The number of carbonyl (C=O) groups is 1. The summed E-state index contributed by atoms with van der Waals surface area (Å²) in [5.41, 5.74) is 0. The van der Waals surface area contributed by atoms with Crippen molar-refractivity contribution in [2.45, 2.75) is 19.8 Å². The third-order valence-corrected chi connectivity index (χ3v) is 0.900. The van der Waals surface area contributed by atoms with E-state index in [9.17, 15) is 4.79 Å². The van der Waals surface area contributed by atoms with Crippen LogP contribution in [-0.4, -0.2) is 17.7 Å². The summed E-state index contributed by atoms with van der Waals surface area (Å²) in [4.78, 5) is 10.6. The molecule has 0 atom stereocenters. The first kappa shape index (κ1) is 9.01. The maximum Gasteiger partial charge on any atom is 0.306 e. The molecule has 1 N–H and O–H groups in total. The highest BCUT2D eigenvalue weighted by Gasteiger charge is 1.96. The molecule has 3 heteroatoms. The number of aliphatic hydroxyl groups is 1. The van der Waals surface area contributed by atoms with Crippen LogP contribution in [0.5, 0.6) is 0 Å². The van der Waals surface area contributed by atoms with Crippen molar-refractivity contribution >= 4 is 5.97 Å². The third-order valence-electron chi connectivity index (χ3n) is 0.900. The lowest BCUT2D eigenvalue weighted by molar-refractivity contribution is -0.142. The minimum absolute atomic E-state index is 0.162. The van der Waals surface area contributed by atoms with Gasteiger partial charge in [0.1, 0.15) is 6.61 Å². The van der Waals surface area contributed by atoms with Crippen molar-refractivity contribution in [1.82, 2.24) is 0 Å². The van der Waals surface area contributed by atoms with E-state index >= 15 is 0 Å². The van der Waals surface area contributed by atoms with Crippen molar-refractivity contribution in [3.63, 3.8) is 0 Å². The van der Waals surface area contributed by atoms with E-state index in [2.05, 4.69) is 4.74 Å². The quantitative estimate of drug-likeness (QED) is 0.479. The van der Waals surface area contributed by atoms with Crippen LogP contribution in [0.4, 0.5) is 0 Å². The van der Waals surface area contributed by atoms with Crippen LogP contribution in [0.3, 0.4) is 0 Å². The summed E-state index contributed by atoms with van der Waals surface area (Å²) < 4.78 is 4.64. The maximum atomic E-state index is 10.6. The zero-order valence-electron chi connectivity index (χ0n) is 6.04. The highest BCUT2D eigenvalue weighted by Crippen LogP contribution is 1.90. The molecule has 0 aliphatic heterocycles. The van der Waals surface area contributed by atoms with Gasteiger partial charge in [0.25, 0.3) is 0 Å². The van der Waals surface area contributed by atoms with E-state index in [-0.39, 0.29) is 12.6 Å². The number of hydrogen-bond acceptors (Lipinski definition) is 3. The molecule has 0 amide bonds. The van der Waals surface area contributed by atoms with Gasteiger partial charge < -0.3 is 9.84 Å². The van der Waals surface area contributed by atoms with Crippen molar-refractivity contribution in [2.75, 3.05) is 6.61 Å². The monoisotopic (exact) mass is 144 g/mol. The molecule has 0 bridgehead atoms. The summed E-state index contributed by atoms with van der Waals surface area (Å²) >= 11 is 0. The van der Waals surface area contributed by atoms with Crippen LogP contribution >= 0.6 is 0 Å². The molecule has 0 saturated carbocycles. The van der Waals surface area contributed by atoms with Crippen LogP contribution in [0, 0.1) is 0 Å². The fourth-order valence-electron chi connectivity index (χ4n) is 0.460. The van der Waals surface area contributed by atoms with Crippen LogP contribution in [0.2, 0.25) is 0 Å². The average Bonchev–Trinajstić information content (AvgIpc) is 1.89. The van der Waals surface area contributed by atoms with Gasteiger partial charge in [0.15, 0.2) is 0 Å². The summed E-state index contributed by atoms with van der Waals surface area (Å²) in [6, 6.07) is 0. The number of ether oxygens (including phenoxy) is 1. The molecule has 0 spiro atoms. The molecule has 0 unspecified atom stereocenters. The number of rotatable bonds is 4. The molecule has 0 heterocycles. The SMILES string of the molecule is CCCC(=O)OCC=CO. The molecule has 0 rings (SSSR count). The van der Waals surface area contributed by atoms with E-state index < -0.39 is 0 Å². The van der Waals surface area contributed by atoms with Crippen molar-refractivity contribution in [1.29, 1.82) is 0 Å². The highest BCUT2D eigenvalue weighted by molar-refractivity contribution is 5.69. The first-order valence-corrected chi connectivity index (χ1v) is 3.26. The third kappa shape index (κ3) is 5.15. The second-order valence-electron chi connectivity index (χ2n) is 1.82. The standard InChI is InChI=1S/C7H12O3/c1-2-4-7(9)10-6-3-5-8/h3,5,8H,2,4,6H2,1H3. The fraction of sp³-hybridized carbons (Fsp3) is 0.571. The number of carbonyl (C=O) groups excluding carboxylic acids is 1. The van der Waals surface area contributed by atoms with Gasteiger partial charge in [-0.05, 0) is 12.5 Å². The lowest BCUT2D eigenvalue weighted by Crippen LogP contribution is -2.02. The lowest BCUT2D eigenvalue weighted by atomic mass is 10.3. The molecule has 3 nitrogen and oxygen atoms in total. The molecular weight excluding hydrogens is 132 g/mol. The van der Waals surface area contributed by atoms with Crippen molar-refractivity contribution < 1.29 is 14.6 Å². The predicted molar refractivity (Wildman–Crippen MR) is 37.6 cm³/mol. The fourth-order valence-corrected chi connectivity index (χ4v) is 0.460. The minimum atomic E-state index is -0.222. The first-order valence-electron chi connectivity index (χ1n) is 3.26. The van der Waals surface area contributed by atoms with Gasteiger partial charge in [0.2, 0.25) is 0 Å². The Balaban J connectivity index is 3.21. The van der Waals surface area contributed by atoms with Gasteiger partial charge >= 0.3 is 5.97 Å². The summed E-state index contributed by atoms with van der Waals surface area (Å²) in [6.45, 7) is 2.07. The van der Waals surface area contributed by atoms with Crippen molar-refractivity contribution in [2.24, 2.45) is 0 Å². The summed E-state index contributed by atoms with van der Waals surface area (Å²) in [5, 5.41) is 8.14. The smallest absolute Gasteiger partial charge is 0.306 e. The number of hydrogen-bond donors (Lipinski definition) is 1. The van der Waals surface area contributed by atoms with Gasteiger partial charge in [-0.15, -0.1) is 0 Å². The Hall–Kier alpha value is -0.990. The Kier molecular flexibility index (Phi) is 5.53. The van der Waals surface area contributed by atoms with Gasteiger partial charge in [-0.2, -0.15) is 0 Å². The van der Waals surface area contributed by atoms with E-state index in [4.69, 9.17) is 5.11 Å². The molecule has 0 aromatic rings. The van der Waals surface area contributed by atoms with Crippen LogP contribution in [0.15, 0.2) is 12.3 Å². The highest BCUT2D eigenvalue weighted by atomic mass is 16.5. The van der Waals surface area contributed by atoms with E-state index in [1.807, 2.05) is 6.92 Å². The topological polar surface area (TPSA) is 46.5 Å². The van der Waals surface area contributed by atoms with Gasteiger partial charge in [-0.3, -0.25) is 4.79 Å². The molecule has 0 aliphatic rings. The van der Waals surface area contributed by atoms with E-state index in [1.54, 1.807) is 0 Å². The Bertz CT molecular complexity index is 118. The van der Waals surface area contributed by atoms with Crippen LogP contribution in [0.25, 0.3) is 0 Å². The average molecular weight is 144 g/mol. The van der Waals surface area contributed by atoms with Crippen molar-refractivity contribution in [3.8, 4) is 0 Å². The second-order valence-corrected chi connectivity index (χ2v) is 1.82. The van der Waals surface area contributed by atoms with E-state index in [0.717, 1.165) is 12.7 Å². The first-order chi connectivity index (χ1) is 4.81.